The first-order valence-electron chi connectivity index (χ1n) is 9.90. The van der Waals surface area contributed by atoms with Crippen molar-refractivity contribution < 1.29 is 9.53 Å². The Morgan fingerprint density at radius 2 is 2.00 bits per heavy atom. The maximum Gasteiger partial charge on any atom is 0.230 e. The Kier molecular flexibility index (Phi) is 7.75. The van der Waals surface area contributed by atoms with Gasteiger partial charge in [0.25, 0.3) is 0 Å². The predicted octanol–water partition coefficient (Wildman–Crippen LogP) is 2.60. The third-order valence-corrected chi connectivity index (χ3v) is 7.21. The normalized spacial score (nSPS) is 20.6. The van der Waals surface area contributed by atoms with Crippen molar-refractivity contribution in [1.82, 2.24) is 20.4 Å². The van der Waals surface area contributed by atoms with Crippen molar-refractivity contribution in [2.75, 3.05) is 43.9 Å². The summed E-state index contributed by atoms with van der Waals surface area (Å²) >= 11 is 2.96. The van der Waals surface area contributed by atoms with Crippen LogP contribution in [0.1, 0.15) is 46.0 Å². The zero-order chi connectivity index (χ0) is 19.1. The van der Waals surface area contributed by atoms with Gasteiger partial charge >= 0.3 is 0 Å². The fourth-order valence-corrected chi connectivity index (χ4v) is 5.59. The lowest BCUT2D eigenvalue weighted by atomic mass is 9.79. The number of rotatable bonds is 8. The van der Waals surface area contributed by atoms with Crippen molar-refractivity contribution in [3.63, 3.8) is 0 Å². The first-order chi connectivity index (χ1) is 13.1. The highest BCUT2D eigenvalue weighted by atomic mass is 32.2. The Balaban J connectivity index is 1.48. The molecule has 0 unspecified atom stereocenters. The molecule has 1 saturated heterocycles. The first-order valence-corrected chi connectivity index (χ1v) is 11.7. The quantitative estimate of drug-likeness (QED) is 0.634. The lowest BCUT2D eigenvalue weighted by Gasteiger charge is -2.48. The molecule has 0 spiro atoms. The van der Waals surface area contributed by atoms with E-state index in [-0.39, 0.29) is 11.4 Å². The molecule has 7 nitrogen and oxygen atoms in total. The van der Waals surface area contributed by atoms with E-state index in [1.807, 2.05) is 0 Å². The Bertz CT molecular complexity index is 598. The number of aromatic nitrogens is 2. The van der Waals surface area contributed by atoms with Crippen LogP contribution in [-0.2, 0) is 9.53 Å². The summed E-state index contributed by atoms with van der Waals surface area (Å²) in [5.41, 5.74) is 0.111. The molecular formula is C18H31N5O2S2. The Labute approximate surface area is 170 Å². The zero-order valence-corrected chi connectivity index (χ0v) is 18.0. The fourth-order valence-electron chi connectivity index (χ4n) is 3.87. The van der Waals surface area contributed by atoms with Crippen molar-refractivity contribution in [3.05, 3.63) is 0 Å². The molecule has 2 heterocycles. The van der Waals surface area contributed by atoms with Gasteiger partial charge in [-0.05, 0) is 26.7 Å². The average molecular weight is 414 g/mol. The van der Waals surface area contributed by atoms with Crippen LogP contribution in [0.4, 0.5) is 5.13 Å². The maximum absolute atomic E-state index is 12.4. The van der Waals surface area contributed by atoms with E-state index in [0.717, 1.165) is 42.3 Å². The van der Waals surface area contributed by atoms with E-state index in [4.69, 9.17) is 4.74 Å². The molecule has 2 fully saturated rings. The van der Waals surface area contributed by atoms with Gasteiger partial charge in [0.05, 0.1) is 19.0 Å². The minimum atomic E-state index is 0.0757. The van der Waals surface area contributed by atoms with Gasteiger partial charge in [0.1, 0.15) is 0 Å². The Morgan fingerprint density at radius 1 is 1.26 bits per heavy atom. The molecule has 1 aliphatic carbocycles. The summed E-state index contributed by atoms with van der Waals surface area (Å²) in [5, 5.41) is 15.5. The van der Waals surface area contributed by atoms with Crippen molar-refractivity contribution in [2.24, 2.45) is 0 Å². The summed E-state index contributed by atoms with van der Waals surface area (Å²) in [7, 11) is 0. The molecule has 3 rings (SSSR count). The highest BCUT2D eigenvalue weighted by molar-refractivity contribution is 8.01. The molecule has 152 valence electrons. The largest absolute Gasteiger partial charge is 0.379 e. The molecule has 2 aliphatic rings. The molecule has 9 heteroatoms. The standard InChI is InChI=1S/C18H31N5O2S2/c1-14(2)20-16-21-22-17(27-16)26-12-15(24)19-13-18(6-4-3-5-7-18)23-8-10-25-11-9-23/h14H,3-13H2,1-2H3,(H,19,24)(H,20,21). The summed E-state index contributed by atoms with van der Waals surface area (Å²) in [6.45, 7) is 8.42. The number of hydrogen-bond donors (Lipinski definition) is 2. The van der Waals surface area contributed by atoms with Gasteiger partial charge in [0.15, 0.2) is 4.34 Å². The number of thioether (sulfide) groups is 1. The monoisotopic (exact) mass is 413 g/mol. The highest BCUT2D eigenvalue weighted by Crippen LogP contribution is 2.34. The van der Waals surface area contributed by atoms with Crippen LogP contribution < -0.4 is 10.6 Å². The van der Waals surface area contributed by atoms with Gasteiger partial charge in [-0.3, -0.25) is 9.69 Å². The molecule has 1 aromatic rings. The topological polar surface area (TPSA) is 79.4 Å². The SMILES string of the molecule is CC(C)Nc1nnc(SCC(=O)NCC2(N3CCOCC3)CCCCC2)s1. The van der Waals surface area contributed by atoms with Gasteiger partial charge in [0, 0.05) is 31.2 Å². The summed E-state index contributed by atoms with van der Waals surface area (Å²) in [4.78, 5) is 15.0. The van der Waals surface area contributed by atoms with E-state index in [1.54, 1.807) is 0 Å². The number of hydrogen-bond acceptors (Lipinski definition) is 8. The first kappa shape index (κ1) is 20.8. The van der Waals surface area contributed by atoms with E-state index in [0.29, 0.717) is 11.8 Å². The van der Waals surface area contributed by atoms with Gasteiger partial charge in [-0.2, -0.15) is 0 Å². The molecule has 1 amide bonds. The highest BCUT2D eigenvalue weighted by Gasteiger charge is 2.38. The zero-order valence-electron chi connectivity index (χ0n) is 16.3. The molecule has 1 aliphatic heterocycles. The smallest absolute Gasteiger partial charge is 0.230 e. The Morgan fingerprint density at radius 3 is 2.70 bits per heavy atom. The van der Waals surface area contributed by atoms with Crippen molar-refractivity contribution in [3.8, 4) is 0 Å². The summed E-state index contributed by atoms with van der Waals surface area (Å²) in [6.07, 6.45) is 6.14. The predicted molar refractivity (Wildman–Crippen MR) is 111 cm³/mol. The van der Waals surface area contributed by atoms with Crippen molar-refractivity contribution in [1.29, 1.82) is 0 Å². The molecule has 0 bridgehead atoms. The average Bonchev–Trinajstić information content (AvgIpc) is 3.13. The summed E-state index contributed by atoms with van der Waals surface area (Å²) in [6, 6.07) is 0.325. The molecule has 1 saturated carbocycles. The van der Waals surface area contributed by atoms with E-state index >= 15 is 0 Å². The van der Waals surface area contributed by atoms with Crippen molar-refractivity contribution in [2.45, 2.75) is 61.9 Å². The maximum atomic E-state index is 12.4. The number of nitrogens with zero attached hydrogens (tertiary/aromatic N) is 3. The van der Waals surface area contributed by atoms with Crippen LogP contribution in [0.3, 0.4) is 0 Å². The summed E-state index contributed by atoms with van der Waals surface area (Å²) in [5.74, 6) is 0.460. The minimum absolute atomic E-state index is 0.0757. The van der Waals surface area contributed by atoms with Gasteiger partial charge in [-0.1, -0.05) is 42.4 Å². The number of carbonyl (C=O) groups excluding carboxylic acids is 1. The van der Waals surface area contributed by atoms with Gasteiger partial charge < -0.3 is 15.4 Å². The number of anilines is 1. The summed E-state index contributed by atoms with van der Waals surface area (Å²) < 4.78 is 6.35. The van der Waals surface area contributed by atoms with Gasteiger partial charge in [0.2, 0.25) is 11.0 Å². The molecular weight excluding hydrogens is 382 g/mol. The van der Waals surface area contributed by atoms with Crippen LogP contribution >= 0.6 is 23.1 Å². The molecule has 27 heavy (non-hydrogen) atoms. The number of amides is 1. The van der Waals surface area contributed by atoms with Crippen LogP contribution in [0, 0.1) is 0 Å². The van der Waals surface area contributed by atoms with Crippen LogP contribution in [0.2, 0.25) is 0 Å². The van der Waals surface area contributed by atoms with Gasteiger partial charge in [-0.15, -0.1) is 10.2 Å². The molecule has 0 atom stereocenters. The minimum Gasteiger partial charge on any atom is -0.379 e. The van der Waals surface area contributed by atoms with E-state index in [1.165, 1.54) is 55.2 Å². The molecule has 0 aromatic carbocycles. The molecule has 2 N–H and O–H groups in total. The van der Waals surface area contributed by atoms with Crippen LogP contribution in [-0.4, -0.2) is 71.2 Å². The second kappa shape index (κ2) is 10.0. The second-order valence-corrected chi connectivity index (χ2v) is 9.82. The Hall–Kier alpha value is -0.900. The number of carbonyl (C=O) groups is 1. The lowest BCUT2D eigenvalue weighted by molar-refractivity contribution is -0.119. The number of nitrogens with one attached hydrogen (secondary N) is 2. The lowest BCUT2D eigenvalue weighted by Crippen LogP contribution is -2.59. The van der Waals surface area contributed by atoms with Crippen molar-refractivity contribution >= 4 is 34.1 Å². The third kappa shape index (κ3) is 6.04. The van der Waals surface area contributed by atoms with Crippen LogP contribution in [0.25, 0.3) is 0 Å². The fraction of sp³-hybridized carbons (Fsp3) is 0.833. The number of ether oxygens (including phenoxy) is 1. The van der Waals surface area contributed by atoms with E-state index < -0.39 is 0 Å². The number of morpholine rings is 1. The molecule has 0 radical (unpaired) electrons. The molecule has 1 aromatic heterocycles. The second-order valence-electron chi connectivity index (χ2n) is 7.62. The van der Waals surface area contributed by atoms with E-state index in [2.05, 4.69) is 39.6 Å². The van der Waals surface area contributed by atoms with E-state index in [9.17, 15) is 4.79 Å². The van der Waals surface area contributed by atoms with Crippen LogP contribution in [0.5, 0.6) is 0 Å². The van der Waals surface area contributed by atoms with Crippen LogP contribution in [0.15, 0.2) is 4.34 Å². The van der Waals surface area contributed by atoms with Gasteiger partial charge in [-0.25, -0.2) is 0 Å². The third-order valence-electron chi connectivity index (χ3n) is 5.23.